The van der Waals surface area contributed by atoms with E-state index in [1.807, 2.05) is 42.5 Å². The van der Waals surface area contributed by atoms with Gasteiger partial charge < -0.3 is 24.0 Å². The van der Waals surface area contributed by atoms with E-state index in [0.717, 1.165) is 45.1 Å². The first-order chi connectivity index (χ1) is 21.4. The molecule has 6 rings (SSSR count). The second-order valence-electron chi connectivity index (χ2n) is 12.1. The van der Waals surface area contributed by atoms with Crippen molar-refractivity contribution in [3.05, 3.63) is 132 Å². The van der Waals surface area contributed by atoms with Gasteiger partial charge in [-0.25, -0.2) is 4.98 Å². The predicted octanol–water partition coefficient (Wildman–Crippen LogP) is 7.88. The number of anilines is 2. The molecule has 224 valence electrons. The van der Waals surface area contributed by atoms with Crippen LogP contribution in [0, 0.1) is 0 Å². The fourth-order valence-corrected chi connectivity index (χ4v) is 6.66. The SMILES string of the molecule is COc1nc(-c2cccc3c2OCCO3)ccc1Nc1cccc(C(O[SiH2]C(C)(C)C)(c2ccccc2)c2ccccc2)c1. The van der Waals surface area contributed by atoms with Crippen molar-refractivity contribution in [1.82, 2.24) is 4.98 Å². The smallest absolute Gasteiger partial charge is 0.238 e. The summed E-state index contributed by atoms with van der Waals surface area (Å²) >= 11 is 0. The fraction of sp³-hybridized carbons (Fsp3) is 0.216. The van der Waals surface area contributed by atoms with Crippen LogP contribution in [0.2, 0.25) is 5.04 Å². The molecule has 5 aromatic rings. The van der Waals surface area contributed by atoms with Gasteiger partial charge in [-0.05, 0) is 58.1 Å². The quantitative estimate of drug-likeness (QED) is 0.137. The maximum Gasteiger partial charge on any atom is 0.238 e. The predicted molar refractivity (Wildman–Crippen MR) is 179 cm³/mol. The largest absolute Gasteiger partial charge is 0.486 e. The normalized spacial score (nSPS) is 13.2. The summed E-state index contributed by atoms with van der Waals surface area (Å²) in [5.74, 6) is 1.92. The van der Waals surface area contributed by atoms with Crippen LogP contribution in [0.25, 0.3) is 11.3 Å². The van der Waals surface area contributed by atoms with Gasteiger partial charge in [-0.2, -0.15) is 0 Å². The van der Waals surface area contributed by atoms with E-state index in [2.05, 4.69) is 98.9 Å². The van der Waals surface area contributed by atoms with Gasteiger partial charge in [-0.1, -0.05) is 99.6 Å². The lowest BCUT2D eigenvalue weighted by Gasteiger charge is -2.38. The van der Waals surface area contributed by atoms with Crippen LogP contribution in [0.1, 0.15) is 37.5 Å². The number of hydrogen-bond donors (Lipinski definition) is 1. The van der Waals surface area contributed by atoms with Crippen LogP contribution in [0.15, 0.2) is 115 Å². The van der Waals surface area contributed by atoms with E-state index >= 15 is 0 Å². The number of rotatable bonds is 9. The number of nitrogens with one attached hydrogen (secondary N) is 1. The lowest BCUT2D eigenvalue weighted by Crippen LogP contribution is -2.36. The number of pyridine rings is 1. The summed E-state index contributed by atoms with van der Waals surface area (Å²) in [5, 5.41) is 3.66. The van der Waals surface area contributed by atoms with Crippen molar-refractivity contribution < 1.29 is 18.6 Å². The molecule has 0 unspecified atom stereocenters. The molecule has 4 aromatic carbocycles. The van der Waals surface area contributed by atoms with Gasteiger partial charge >= 0.3 is 0 Å². The molecule has 1 aromatic heterocycles. The van der Waals surface area contributed by atoms with Crippen molar-refractivity contribution in [2.24, 2.45) is 0 Å². The van der Waals surface area contributed by atoms with E-state index < -0.39 is 15.4 Å². The van der Waals surface area contributed by atoms with E-state index in [9.17, 15) is 0 Å². The Bertz CT molecular complexity index is 1680. The topological polar surface area (TPSA) is 61.8 Å². The van der Waals surface area contributed by atoms with Crippen LogP contribution in [0.5, 0.6) is 17.4 Å². The maximum atomic E-state index is 7.16. The van der Waals surface area contributed by atoms with Crippen molar-refractivity contribution in [2.75, 3.05) is 25.6 Å². The Balaban J connectivity index is 1.40. The van der Waals surface area contributed by atoms with Crippen molar-refractivity contribution in [2.45, 2.75) is 31.4 Å². The zero-order valence-electron chi connectivity index (χ0n) is 25.7. The van der Waals surface area contributed by atoms with Crippen molar-refractivity contribution >= 4 is 21.1 Å². The van der Waals surface area contributed by atoms with Crippen LogP contribution in [0.3, 0.4) is 0 Å². The highest BCUT2D eigenvalue weighted by molar-refractivity contribution is 6.32. The molecule has 1 N–H and O–H groups in total. The van der Waals surface area contributed by atoms with Crippen molar-refractivity contribution in [1.29, 1.82) is 0 Å². The number of ether oxygens (including phenoxy) is 3. The summed E-state index contributed by atoms with van der Waals surface area (Å²) in [4.78, 5) is 4.85. The number of hydrogen-bond acceptors (Lipinski definition) is 6. The molecule has 2 heterocycles. The molecule has 6 nitrogen and oxygen atoms in total. The van der Waals surface area contributed by atoms with Gasteiger partial charge in [0.15, 0.2) is 21.3 Å². The summed E-state index contributed by atoms with van der Waals surface area (Å²) in [7, 11) is 0.662. The van der Waals surface area contributed by atoms with E-state index in [-0.39, 0.29) is 5.04 Å². The second kappa shape index (κ2) is 12.6. The molecule has 0 saturated carbocycles. The monoisotopic (exact) mass is 602 g/mol. The number of fused-ring (bicyclic) bond motifs is 1. The molecule has 0 fully saturated rings. The lowest BCUT2D eigenvalue weighted by atomic mass is 9.80. The first-order valence-electron chi connectivity index (χ1n) is 14.9. The first kappa shape index (κ1) is 29.5. The third-order valence-corrected chi connectivity index (χ3v) is 8.97. The molecule has 1 aliphatic heterocycles. The highest BCUT2D eigenvalue weighted by Crippen LogP contribution is 2.44. The van der Waals surface area contributed by atoms with Gasteiger partial charge in [0.05, 0.1) is 12.8 Å². The highest BCUT2D eigenvalue weighted by Gasteiger charge is 2.38. The minimum Gasteiger partial charge on any atom is -0.486 e. The number of benzene rings is 4. The lowest BCUT2D eigenvalue weighted by molar-refractivity contribution is 0.157. The Hall–Kier alpha value is -4.59. The average molecular weight is 603 g/mol. The van der Waals surface area contributed by atoms with E-state index in [4.69, 9.17) is 23.6 Å². The molecule has 0 aliphatic carbocycles. The molecule has 0 atom stereocenters. The molecule has 0 saturated heterocycles. The van der Waals surface area contributed by atoms with Gasteiger partial charge in [0.2, 0.25) is 5.88 Å². The average Bonchev–Trinajstić information content (AvgIpc) is 3.06. The van der Waals surface area contributed by atoms with Crippen molar-refractivity contribution in [3.8, 4) is 28.6 Å². The van der Waals surface area contributed by atoms with Crippen LogP contribution in [-0.2, 0) is 10.0 Å². The Kier molecular flexibility index (Phi) is 8.42. The van der Waals surface area contributed by atoms with Gasteiger partial charge in [0.1, 0.15) is 24.5 Å². The fourth-order valence-electron chi connectivity index (χ4n) is 5.51. The Morgan fingerprint density at radius 1 is 0.727 bits per heavy atom. The number of nitrogens with zero attached hydrogens (tertiary/aromatic N) is 1. The first-order valence-corrected chi connectivity index (χ1v) is 16.2. The third kappa shape index (κ3) is 6.07. The van der Waals surface area contributed by atoms with Gasteiger partial charge in [0.25, 0.3) is 0 Å². The summed E-state index contributed by atoms with van der Waals surface area (Å²) in [5.41, 5.74) is 5.75. The Morgan fingerprint density at radius 2 is 1.39 bits per heavy atom. The van der Waals surface area contributed by atoms with Gasteiger partial charge in [0, 0.05) is 11.3 Å². The van der Waals surface area contributed by atoms with E-state index in [1.165, 1.54) is 0 Å². The molecule has 7 heteroatoms. The Morgan fingerprint density at radius 3 is 2.07 bits per heavy atom. The standard InChI is InChI=1S/C37H38N2O4Si/c1-36(2,3)44-43-37(26-13-7-5-8-14-26,27-15-9-6-10-16-27)28-17-11-18-29(25-28)38-32-22-21-31(39-35(32)40-4)30-19-12-20-33-34(30)42-24-23-41-33/h5-22,25,38H,23-24,44H2,1-4H3. The van der Waals surface area contributed by atoms with Crippen LogP contribution >= 0.6 is 0 Å². The minimum absolute atomic E-state index is 0.0978. The molecule has 44 heavy (non-hydrogen) atoms. The molecule has 0 amide bonds. The summed E-state index contributed by atoms with van der Waals surface area (Å²) < 4.78 is 24.7. The molecule has 1 aliphatic rings. The molecule has 0 spiro atoms. The van der Waals surface area contributed by atoms with E-state index in [1.54, 1.807) is 7.11 Å². The van der Waals surface area contributed by atoms with E-state index in [0.29, 0.717) is 24.8 Å². The maximum absolute atomic E-state index is 7.16. The number of methoxy groups -OCH3 is 1. The van der Waals surface area contributed by atoms with Crippen LogP contribution in [-0.4, -0.2) is 35.1 Å². The summed E-state index contributed by atoms with van der Waals surface area (Å²) in [6, 6.07) is 39.3. The highest BCUT2D eigenvalue weighted by atomic mass is 28.2. The van der Waals surface area contributed by atoms with Gasteiger partial charge in [-0.15, -0.1) is 0 Å². The molecule has 0 radical (unpaired) electrons. The zero-order chi connectivity index (χ0) is 30.6. The van der Waals surface area contributed by atoms with Crippen LogP contribution in [0.4, 0.5) is 11.4 Å². The van der Waals surface area contributed by atoms with Crippen LogP contribution < -0.4 is 19.5 Å². The van der Waals surface area contributed by atoms with Gasteiger partial charge in [-0.3, -0.25) is 0 Å². The summed E-state index contributed by atoms with van der Waals surface area (Å²) in [6.07, 6.45) is 0. The second-order valence-corrected chi connectivity index (χ2v) is 14.8. The number of para-hydroxylation sites is 1. The summed E-state index contributed by atoms with van der Waals surface area (Å²) in [6.45, 7) is 7.81. The minimum atomic E-state index is -0.971. The third-order valence-electron chi connectivity index (χ3n) is 7.53. The zero-order valence-corrected chi connectivity index (χ0v) is 27.1. The Labute approximate surface area is 261 Å². The molecule has 0 bridgehead atoms. The molecular formula is C37H38N2O4Si. The molecular weight excluding hydrogens is 565 g/mol. The number of aromatic nitrogens is 1. The van der Waals surface area contributed by atoms with Crippen molar-refractivity contribution in [3.63, 3.8) is 0 Å².